The van der Waals surface area contributed by atoms with Crippen molar-refractivity contribution in [2.75, 3.05) is 0 Å². The minimum absolute atomic E-state index is 0.0417. The SMILES string of the molecule is CC1CC(N)O1. The Morgan fingerprint density at radius 2 is 2.33 bits per heavy atom. The van der Waals surface area contributed by atoms with Gasteiger partial charge in [-0.2, -0.15) is 0 Å². The molecule has 6 heavy (non-hydrogen) atoms. The molecule has 2 N–H and O–H groups in total. The van der Waals surface area contributed by atoms with E-state index in [0.29, 0.717) is 6.10 Å². The molecule has 36 valence electrons. The van der Waals surface area contributed by atoms with Crippen molar-refractivity contribution in [3.05, 3.63) is 0 Å². The fourth-order valence-corrected chi connectivity index (χ4v) is 0.614. The van der Waals surface area contributed by atoms with Gasteiger partial charge in [0, 0.05) is 6.42 Å². The van der Waals surface area contributed by atoms with Crippen LogP contribution in [-0.4, -0.2) is 12.3 Å². The van der Waals surface area contributed by atoms with Gasteiger partial charge in [0.2, 0.25) is 0 Å². The van der Waals surface area contributed by atoms with Gasteiger partial charge in [0.05, 0.1) is 6.10 Å². The first-order chi connectivity index (χ1) is 2.79. The Labute approximate surface area is 37.3 Å². The lowest BCUT2D eigenvalue weighted by Crippen LogP contribution is -2.41. The molecule has 2 nitrogen and oxygen atoms in total. The van der Waals surface area contributed by atoms with Gasteiger partial charge in [0.15, 0.2) is 0 Å². The van der Waals surface area contributed by atoms with E-state index in [-0.39, 0.29) is 6.23 Å². The number of hydrogen-bond acceptors (Lipinski definition) is 2. The van der Waals surface area contributed by atoms with Crippen molar-refractivity contribution < 1.29 is 4.74 Å². The molecule has 2 unspecified atom stereocenters. The Kier molecular flexibility index (Phi) is 0.821. The van der Waals surface area contributed by atoms with Gasteiger partial charge in [-0.3, -0.25) is 0 Å². The van der Waals surface area contributed by atoms with E-state index in [0.717, 1.165) is 6.42 Å². The van der Waals surface area contributed by atoms with Gasteiger partial charge in [-0.1, -0.05) is 0 Å². The molecule has 0 bridgehead atoms. The lowest BCUT2D eigenvalue weighted by molar-refractivity contribution is -0.109. The van der Waals surface area contributed by atoms with E-state index in [1.165, 1.54) is 0 Å². The molecule has 1 aliphatic rings. The summed E-state index contributed by atoms with van der Waals surface area (Å²) in [7, 11) is 0. The molecule has 1 heterocycles. The predicted molar refractivity (Wildman–Crippen MR) is 23.1 cm³/mol. The molecule has 0 amide bonds. The first-order valence-electron chi connectivity index (χ1n) is 2.20. The van der Waals surface area contributed by atoms with Crippen LogP contribution in [0.2, 0.25) is 0 Å². The molecule has 1 rings (SSSR count). The summed E-state index contributed by atoms with van der Waals surface area (Å²) >= 11 is 0. The molecule has 0 aromatic rings. The third-order valence-electron chi connectivity index (χ3n) is 0.971. The molecule has 0 aliphatic carbocycles. The maximum atomic E-state index is 5.25. The fourth-order valence-electron chi connectivity index (χ4n) is 0.614. The van der Waals surface area contributed by atoms with Crippen LogP contribution in [0.4, 0.5) is 0 Å². The second kappa shape index (κ2) is 1.21. The molecule has 1 saturated heterocycles. The first kappa shape index (κ1) is 4.09. The fraction of sp³-hybridized carbons (Fsp3) is 1.00. The van der Waals surface area contributed by atoms with Gasteiger partial charge in [-0.25, -0.2) is 0 Å². The molecule has 1 fully saturated rings. The lowest BCUT2D eigenvalue weighted by atomic mass is 10.2. The molecule has 0 aromatic heterocycles. The van der Waals surface area contributed by atoms with Crippen LogP contribution in [0.1, 0.15) is 13.3 Å². The molecular weight excluding hydrogens is 78.0 g/mol. The van der Waals surface area contributed by atoms with E-state index in [1.54, 1.807) is 0 Å². The van der Waals surface area contributed by atoms with Crippen LogP contribution in [0.5, 0.6) is 0 Å². The van der Waals surface area contributed by atoms with Crippen LogP contribution in [0, 0.1) is 0 Å². The van der Waals surface area contributed by atoms with Crippen LogP contribution in [0.15, 0.2) is 0 Å². The number of ether oxygens (including phenoxy) is 1. The smallest absolute Gasteiger partial charge is 0.108 e. The van der Waals surface area contributed by atoms with Crippen molar-refractivity contribution in [1.82, 2.24) is 0 Å². The van der Waals surface area contributed by atoms with Gasteiger partial charge >= 0.3 is 0 Å². The quantitative estimate of drug-likeness (QED) is 0.454. The summed E-state index contributed by atoms with van der Waals surface area (Å²) < 4.78 is 4.92. The molecule has 1 aliphatic heterocycles. The maximum absolute atomic E-state index is 5.25. The zero-order valence-corrected chi connectivity index (χ0v) is 3.85. The summed E-state index contributed by atoms with van der Waals surface area (Å²) in [6.45, 7) is 2.02. The molecule has 0 saturated carbocycles. The standard InChI is InChI=1S/C4H9NO/c1-3-2-4(5)6-3/h3-4H,2,5H2,1H3. The van der Waals surface area contributed by atoms with E-state index in [4.69, 9.17) is 10.5 Å². The second-order valence-corrected chi connectivity index (χ2v) is 1.72. The van der Waals surface area contributed by atoms with Crippen LogP contribution in [0.25, 0.3) is 0 Å². The topological polar surface area (TPSA) is 35.2 Å². The monoisotopic (exact) mass is 87.1 g/mol. The van der Waals surface area contributed by atoms with E-state index in [9.17, 15) is 0 Å². The van der Waals surface area contributed by atoms with Crippen molar-refractivity contribution in [1.29, 1.82) is 0 Å². The summed E-state index contributed by atoms with van der Waals surface area (Å²) in [4.78, 5) is 0. The van der Waals surface area contributed by atoms with Crippen molar-refractivity contribution in [3.8, 4) is 0 Å². The highest BCUT2D eigenvalue weighted by atomic mass is 16.5. The third kappa shape index (κ3) is 0.533. The van der Waals surface area contributed by atoms with E-state index < -0.39 is 0 Å². The maximum Gasteiger partial charge on any atom is 0.108 e. The number of rotatable bonds is 0. The first-order valence-corrected chi connectivity index (χ1v) is 2.20. The van der Waals surface area contributed by atoms with Gasteiger partial charge in [-0.05, 0) is 6.92 Å². The Bertz CT molecular complexity index is 43.5. The molecular formula is C4H9NO. The molecule has 0 aromatic carbocycles. The molecule has 0 radical (unpaired) electrons. The van der Waals surface area contributed by atoms with Gasteiger partial charge in [0.1, 0.15) is 6.23 Å². The van der Waals surface area contributed by atoms with Crippen LogP contribution in [-0.2, 0) is 4.74 Å². The normalized spacial score (nSPS) is 45.0. The van der Waals surface area contributed by atoms with Crippen molar-refractivity contribution >= 4 is 0 Å². The van der Waals surface area contributed by atoms with Crippen molar-refractivity contribution in [3.63, 3.8) is 0 Å². The molecule has 0 spiro atoms. The van der Waals surface area contributed by atoms with Crippen LogP contribution in [0.3, 0.4) is 0 Å². The molecule has 2 atom stereocenters. The zero-order valence-electron chi connectivity index (χ0n) is 3.85. The molecule has 2 heteroatoms. The summed E-state index contributed by atoms with van der Waals surface area (Å²) in [6, 6.07) is 0. The van der Waals surface area contributed by atoms with E-state index in [1.807, 2.05) is 6.92 Å². The van der Waals surface area contributed by atoms with Crippen LogP contribution < -0.4 is 5.73 Å². The largest absolute Gasteiger partial charge is 0.360 e. The van der Waals surface area contributed by atoms with E-state index >= 15 is 0 Å². The minimum Gasteiger partial charge on any atom is -0.360 e. The van der Waals surface area contributed by atoms with Crippen LogP contribution >= 0.6 is 0 Å². The highest BCUT2D eigenvalue weighted by Crippen LogP contribution is 2.13. The number of nitrogens with two attached hydrogens (primary N) is 1. The predicted octanol–water partition coefficient (Wildman–Crippen LogP) is 0.0800. The van der Waals surface area contributed by atoms with Crippen molar-refractivity contribution in [2.45, 2.75) is 25.7 Å². The average molecular weight is 87.1 g/mol. The Balaban J connectivity index is 2.11. The average Bonchev–Trinajstić information content (AvgIpc) is 1.33. The Morgan fingerprint density at radius 1 is 1.83 bits per heavy atom. The summed E-state index contributed by atoms with van der Waals surface area (Å²) in [6.07, 6.45) is 1.49. The summed E-state index contributed by atoms with van der Waals surface area (Å²) in [5.74, 6) is 0. The van der Waals surface area contributed by atoms with Gasteiger partial charge < -0.3 is 10.5 Å². The minimum atomic E-state index is 0.0417. The number of hydrogen-bond donors (Lipinski definition) is 1. The Hall–Kier alpha value is -0.0800. The van der Waals surface area contributed by atoms with E-state index in [2.05, 4.69) is 0 Å². The highest BCUT2D eigenvalue weighted by Gasteiger charge is 2.20. The second-order valence-electron chi connectivity index (χ2n) is 1.72. The Morgan fingerprint density at radius 3 is 2.33 bits per heavy atom. The summed E-state index contributed by atoms with van der Waals surface area (Å²) in [5.41, 5.74) is 5.25. The highest BCUT2D eigenvalue weighted by molar-refractivity contribution is 4.66. The lowest BCUT2D eigenvalue weighted by Gasteiger charge is -2.29. The van der Waals surface area contributed by atoms with Crippen molar-refractivity contribution in [2.24, 2.45) is 5.73 Å². The zero-order chi connectivity index (χ0) is 4.57. The van der Waals surface area contributed by atoms with Gasteiger partial charge in [0.25, 0.3) is 0 Å². The third-order valence-corrected chi connectivity index (χ3v) is 0.971. The summed E-state index contributed by atoms with van der Waals surface area (Å²) in [5, 5.41) is 0. The van der Waals surface area contributed by atoms with Gasteiger partial charge in [-0.15, -0.1) is 0 Å².